The van der Waals surface area contributed by atoms with E-state index in [-0.39, 0.29) is 17.2 Å². The molecular formula is C19H27N3O2. The molecule has 1 aromatic heterocycles. The van der Waals surface area contributed by atoms with E-state index in [2.05, 4.69) is 21.3 Å². The van der Waals surface area contributed by atoms with E-state index in [0.717, 1.165) is 63.8 Å². The number of ether oxygens (including phenoxy) is 1. The van der Waals surface area contributed by atoms with Gasteiger partial charge in [-0.15, -0.1) is 0 Å². The van der Waals surface area contributed by atoms with E-state index in [4.69, 9.17) is 4.74 Å². The van der Waals surface area contributed by atoms with Crippen molar-refractivity contribution in [2.45, 2.75) is 32.2 Å². The van der Waals surface area contributed by atoms with Crippen molar-refractivity contribution in [2.24, 2.45) is 17.3 Å². The molecule has 0 bridgehead atoms. The standard InChI is InChI=1S/C19H27N3O2/c23-18(21-11-15-4-5-15)17-13-22(12-16-3-1-2-8-20-16)14-19(17)6-9-24-10-7-19/h1-3,8,15,17H,4-7,9-14H2,(H,21,23). The molecule has 1 unspecified atom stereocenters. The van der Waals surface area contributed by atoms with Gasteiger partial charge in [-0.1, -0.05) is 6.07 Å². The highest BCUT2D eigenvalue weighted by atomic mass is 16.5. The molecule has 24 heavy (non-hydrogen) atoms. The van der Waals surface area contributed by atoms with Crippen LogP contribution in [0.2, 0.25) is 0 Å². The lowest BCUT2D eigenvalue weighted by atomic mass is 9.71. The van der Waals surface area contributed by atoms with Gasteiger partial charge in [0.05, 0.1) is 11.6 Å². The van der Waals surface area contributed by atoms with Crippen LogP contribution in [0.15, 0.2) is 24.4 Å². The zero-order valence-corrected chi connectivity index (χ0v) is 14.2. The van der Waals surface area contributed by atoms with E-state index in [1.54, 1.807) is 0 Å². The van der Waals surface area contributed by atoms with Crippen molar-refractivity contribution in [2.75, 3.05) is 32.8 Å². The van der Waals surface area contributed by atoms with Crippen molar-refractivity contribution in [1.82, 2.24) is 15.2 Å². The van der Waals surface area contributed by atoms with Crippen molar-refractivity contribution < 1.29 is 9.53 Å². The van der Waals surface area contributed by atoms with Crippen molar-refractivity contribution >= 4 is 5.91 Å². The van der Waals surface area contributed by atoms with Crippen LogP contribution in [0.3, 0.4) is 0 Å². The van der Waals surface area contributed by atoms with Crippen LogP contribution in [-0.2, 0) is 16.1 Å². The number of hydrogen-bond donors (Lipinski definition) is 1. The minimum absolute atomic E-state index is 0.0840. The first kappa shape index (κ1) is 16.0. The Labute approximate surface area is 143 Å². The first-order valence-corrected chi connectivity index (χ1v) is 9.23. The fourth-order valence-electron chi connectivity index (χ4n) is 4.25. The average molecular weight is 329 g/mol. The fourth-order valence-corrected chi connectivity index (χ4v) is 4.25. The van der Waals surface area contributed by atoms with Crippen molar-refractivity contribution in [3.8, 4) is 0 Å². The lowest BCUT2D eigenvalue weighted by molar-refractivity contribution is -0.129. The van der Waals surface area contributed by atoms with Gasteiger partial charge < -0.3 is 10.1 Å². The molecular weight excluding hydrogens is 302 g/mol. The van der Waals surface area contributed by atoms with Crippen LogP contribution in [0.1, 0.15) is 31.4 Å². The summed E-state index contributed by atoms with van der Waals surface area (Å²) in [7, 11) is 0. The second kappa shape index (κ2) is 6.81. The molecule has 1 amide bonds. The Bertz CT molecular complexity index is 567. The van der Waals surface area contributed by atoms with E-state index >= 15 is 0 Å². The smallest absolute Gasteiger partial charge is 0.225 e. The van der Waals surface area contributed by atoms with Gasteiger partial charge in [0.1, 0.15) is 0 Å². The number of aromatic nitrogens is 1. The zero-order chi connectivity index (χ0) is 16.4. The third-order valence-corrected chi connectivity index (χ3v) is 5.90. The van der Waals surface area contributed by atoms with Crippen molar-refractivity contribution in [3.63, 3.8) is 0 Å². The monoisotopic (exact) mass is 329 g/mol. The first-order valence-electron chi connectivity index (χ1n) is 9.23. The predicted octanol–water partition coefficient (Wildman–Crippen LogP) is 1.84. The van der Waals surface area contributed by atoms with Gasteiger partial charge in [-0.25, -0.2) is 0 Å². The van der Waals surface area contributed by atoms with Crippen molar-refractivity contribution in [3.05, 3.63) is 30.1 Å². The molecule has 3 fully saturated rings. The SMILES string of the molecule is O=C(NCC1CC1)C1CN(Cc2ccccn2)CC12CCOCC2. The number of pyridine rings is 1. The number of likely N-dealkylation sites (tertiary alicyclic amines) is 1. The molecule has 1 aliphatic carbocycles. The van der Waals surface area contributed by atoms with E-state index < -0.39 is 0 Å². The van der Waals surface area contributed by atoms with Gasteiger partial charge in [0.25, 0.3) is 0 Å². The highest BCUT2D eigenvalue weighted by molar-refractivity contribution is 5.80. The minimum Gasteiger partial charge on any atom is -0.381 e. The Balaban J connectivity index is 1.45. The summed E-state index contributed by atoms with van der Waals surface area (Å²) in [6.45, 7) is 5.08. The Hall–Kier alpha value is -1.46. The maximum Gasteiger partial charge on any atom is 0.225 e. The molecule has 1 N–H and O–H groups in total. The quantitative estimate of drug-likeness (QED) is 0.895. The second-order valence-electron chi connectivity index (χ2n) is 7.71. The van der Waals surface area contributed by atoms with Crippen LogP contribution in [0.5, 0.6) is 0 Å². The average Bonchev–Trinajstić information content (AvgIpc) is 3.38. The summed E-state index contributed by atoms with van der Waals surface area (Å²) < 4.78 is 5.58. The first-order chi connectivity index (χ1) is 11.8. The summed E-state index contributed by atoms with van der Waals surface area (Å²) in [5, 5.41) is 3.22. The molecule has 1 saturated carbocycles. The summed E-state index contributed by atoms with van der Waals surface area (Å²) in [5.74, 6) is 1.07. The zero-order valence-electron chi connectivity index (χ0n) is 14.2. The summed E-state index contributed by atoms with van der Waals surface area (Å²) in [4.78, 5) is 19.7. The molecule has 0 radical (unpaired) electrons. The van der Waals surface area contributed by atoms with Crippen LogP contribution in [0, 0.1) is 17.3 Å². The third-order valence-electron chi connectivity index (χ3n) is 5.90. The van der Waals surface area contributed by atoms with Gasteiger partial charge >= 0.3 is 0 Å². The van der Waals surface area contributed by atoms with Gasteiger partial charge in [0.2, 0.25) is 5.91 Å². The summed E-state index contributed by atoms with van der Waals surface area (Å²) in [5.41, 5.74) is 1.17. The fraction of sp³-hybridized carbons (Fsp3) is 0.684. The van der Waals surface area contributed by atoms with Gasteiger partial charge in [-0.3, -0.25) is 14.7 Å². The topological polar surface area (TPSA) is 54.5 Å². The Morgan fingerprint density at radius 2 is 2.17 bits per heavy atom. The Morgan fingerprint density at radius 3 is 2.88 bits per heavy atom. The molecule has 3 aliphatic rings. The maximum atomic E-state index is 12.9. The molecule has 2 aliphatic heterocycles. The molecule has 4 rings (SSSR count). The van der Waals surface area contributed by atoms with Crippen LogP contribution in [0.4, 0.5) is 0 Å². The number of amides is 1. The highest BCUT2D eigenvalue weighted by Crippen LogP contribution is 2.44. The summed E-state index contributed by atoms with van der Waals surface area (Å²) in [6, 6.07) is 6.04. The van der Waals surface area contributed by atoms with Gasteiger partial charge in [0.15, 0.2) is 0 Å². The number of carbonyl (C=O) groups is 1. The molecule has 1 aromatic rings. The minimum atomic E-state index is 0.0840. The number of hydrogen-bond acceptors (Lipinski definition) is 4. The van der Waals surface area contributed by atoms with E-state index in [0.29, 0.717) is 0 Å². The number of nitrogens with one attached hydrogen (secondary N) is 1. The molecule has 1 atom stereocenters. The predicted molar refractivity (Wildman–Crippen MR) is 91.2 cm³/mol. The molecule has 3 heterocycles. The number of carbonyl (C=O) groups excluding carboxylic acids is 1. The highest BCUT2D eigenvalue weighted by Gasteiger charge is 2.50. The van der Waals surface area contributed by atoms with Gasteiger partial charge in [0, 0.05) is 51.0 Å². The molecule has 1 spiro atoms. The van der Waals surface area contributed by atoms with E-state index in [9.17, 15) is 4.79 Å². The Morgan fingerprint density at radius 1 is 1.33 bits per heavy atom. The van der Waals surface area contributed by atoms with Gasteiger partial charge in [-0.2, -0.15) is 0 Å². The molecule has 5 heteroatoms. The lowest BCUT2D eigenvalue weighted by Gasteiger charge is -2.37. The summed E-state index contributed by atoms with van der Waals surface area (Å²) in [6.07, 6.45) is 6.38. The van der Waals surface area contributed by atoms with Crippen LogP contribution in [0.25, 0.3) is 0 Å². The largest absolute Gasteiger partial charge is 0.381 e. The van der Waals surface area contributed by atoms with E-state index in [1.807, 2.05) is 18.3 Å². The second-order valence-corrected chi connectivity index (χ2v) is 7.71. The number of nitrogens with zero attached hydrogens (tertiary/aromatic N) is 2. The molecule has 5 nitrogen and oxygen atoms in total. The molecule has 2 saturated heterocycles. The van der Waals surface area contributed by atoms with Crippen LogP contribution < -0.4 is 5.32 Å². The molecule has 0 aromatic carbocycles. The maximum absolute atomic E-state index is 12.9. The summed E-state index contributed by atoms with van der Waals surface area (Å²) >= 11 is 0. The van der Waals surface area contributed by atoms with E-state index in [1.165, 1.54) is 12.8 Å². The number of rotatable bonds is 5. The lowest BCUT2D eigenvalue weighted by Crippen LogP contribution is -2.44. The Kier molecular flexibility index (Phi) is 4.55. The van der Waals surface area contributed by atoms with Crippen molar-refractivity contribution in [1.29, 1.82) is 0 Å². The van der Waals surface area contributed by atoms with Crippen LogP contribution in [-0.4, -0.2) is 48.6 Å². The van der Waals surface area contributed by atoms with Crippen LogP contribution >= 0.6 is 0 Å². The third kappa shape index (κ3) is 3.47. The normalized spacial score (nSPS) is 26.6. The molecule has 130 valence electrons. The van der Waals surface area contributed by atoms with Gasteiger partial charge in [-0.05, 0) is 43.7 Å².